The van der Waals surface area contributed by atoms with Crippen LogP contribution < -0.4 is 15.6 Å². The highest BCUT2D eigenvalue weighted by atomic mass is 16.5. The molecule has 0 spiro atoms. The van der Waals surface area contributed by atoms with Crippen molar-refractivity contribution >= 4 is 16.8 Å². The van der Waals surface area contributed by atoms with Gasteiger partial charge in [-0.3, -0.25) is 9.59 Å². The highest BCUT2D eigenvalue weighted by molar-refractivity contribution is 5.84. The van der Waals surface area contributed by atoms with Gasteiger partial charge in [-0.25, -0.2) is 9.36 Å². The van der Waals surface area contributed by atoms with Crippen molar-refractivity contribution in [1.29, 1.82) is 0 Å². The van der Waals surface area contributed by atoms with E-state index >= 15 is 0 Å². The van der Waals surface area contributed by atoms with E-state index in [0.717, 1.165) is 22.7 Å². The second kappa shape index (κ2) is 8.66. The predicted octanol–water partition coefficient (Wildman–Crippen LogP) is 3.09. The number of para-hydroxylation sites is 1. The van der Waals surface area contributed by atoms with Crippen LogP contribution in [0.25, 0.3) is 16.6 Å². The molecule has 0 bridgehead atoms. The van der Waals surface area contributed by atoms with E-state index in [0.29, 0.717) is 23.1 Å². The van der Waals surface area contributed by atoms with E-state index < -0.39 is 11.6 Å². The smallest absolute Gasteiger partial charge is 0.295 e. The van der Waals surface area contributed by atoms with Gasteiger partial charge in [0, 0.05) is 6.54 Å². The Balaban J connectivity index is 1.62. The summed E-state index contributed by atoms with van der Waals surface area (Å²) in [4.78, 5) is 26.0. The number of carbonyl (C=O) groups excluding carboxylic acids is 1. The van der Waals surface area contributed by atoms with E-state index in [1.165, 1.54) is 4.68 Å². The Bertz CT molecular complexity index is 1320. The Morgan fingerprint density at radius 1 is 1.06 bits per heavy atom. The van der Waals surface area contributed by atoms with Crippen LogP contribution in [0.1, 0.15) is 29.9 Å². The molecule has 4 aromatic rings. The van der Waals surface area contributed by atoms with Crippen molar-refractivity contribution in [2.45, 2.75) is 33.4 Å². The molecule has 164 valence electrons. The summed E-state index contributed by atoms with van der Waals surface area (Å²) < 4.78 is 8.09. The van der Waals surface area contributed by atoms with Crippen molar-refractivity contribution in [3.05, 3.63) is 81.9 Å². The number of nitrogens with one attached hydrogen (secondary N) is 1. The lowest BCUT2D eigenvalue weighted by Gasteiger charge is -2.15. The molecule has 0 aliphatic carbocycles. The monoisotopic (exact) mass is 431 g/mol. The third kappa shape index (κ3) is 3.87. The molecule has 8 nitrogen and oxygen atoms in total. The third-order valence-electron chi connectivity index (χ3n) is 5.52. The Labute approximate surface area is 185 Å². The zero-order chi connectivity index (χ0) is 22.8. The Morgan fingerprint density at radius 2 is 1.75 bits per heavy atom. The Morgan fingerprint density at radius 3 is 2.41 bits per heavy atom. The summed E-state index contributed by atoms with van der Waals surface area (Å²) in [5.74, 6) is 0.451. The number of hydrogen-bond donors (Lipinski definition) is 1. The second-order valence-electron chi connectivity index (χ2n) is 7.63. The van der Waals surface area contributed by atoms with Crippen LogP contribution in [0.5, 0.6) is 5.75 Å². The number of ether oxygens (including phenoxy) is 1. The maximum absolute atomic E-state index is 13.2. The van der Waals surface area contributed by atoms with Crippen LogP contribution >= 0.6 is 0 Å². The molecular weight excluding hydrogens is 406 g/mol. The first kappa shape index (κ1) is 21.3. The highest BCUT2D eigenvalue weighted by Crippen LogP contribution is 2.21. The first-order valence-corrected chi connectivity index (χ1v) is 10.4. The molecule has 32 heavy (non-hydrogen) atoms. The zero-order valence-electron chi connectivity index (χ0n) is 18.5. The molecule has 0 saturated carbocycles. The molecule has 0 aliphatic rings. The molecule has 0 fully saturated rings. The summed E-state index contributed by atoms with van der Waals surface area (Å²) in [5.41, 5.74) is 3.17. The van der Waals surface area contributed by atoms with Crippen molar-refractivity contribution < 1.29 is 9.53 Å². The maximum atomic E-state index is 13.2. The van der Waals surface area contributed by atoms with Gasteiger partial charge in [0.2, 0.25) is 5.91 Å². The molecule has 0 aliphatic heterocycles. The minimum Gasteiger partial charge on any atom is -0.497 e. The van der Waals surface area contributed by atoms with Gasteiger partial charge in [-0.2, -0.15) is 10.2 Å². The van der Waals surface area contributed by atoms with Gasteiger partial charge in [0.25, 0.3) is 5.56 Å². The van der Waals surface area contributed by atoms with Gasteiger partial charge in [0.15, 0.2) is 5.52 Å². The van der Waals surface area contributed by atoms with E-state index in [2.05, 4.69) is 15.5 Å². The van der Waals surface area contributed by atoms with E-state index in [-0.39, 0.29) is 5.91 Å². The first-order chi connectivity index (χ1) is 15.4. The lowest BCUT2D eigenvalue weighted by molar-refractivity contribution is -0.124. The summed E-state index contributed by atoms with van der Waals surface area (Å²) in [6.07, 6.45) is 0. The summed E-state index contributed by atoms with van der Waals surface area (Å²) >= 11 is 0. The van der Waals surface area contributed by atoms with Gasteiger partial charge in [-0.15, -0.1) is 0 Å². The molecule has 1 N–H and O–H groups in total. The summed E-state index contributed by atoms with van der Waals surface area (Å²) in [6, 6.07) is 16.2. The van der Waals surface area contributed by atoms with Gasteiger partial charge < -0.3 is 10.1 Å². The molecule has 8 heteroatoms. The molecule has 2 aromatic carbocycles. The SMILES string of the molecule is COc1ccc(CNC(=O)C(C)n2nc(C)c3c(C)n(-c4ccccc4)nc3c2=O)cc1. The first-order valence-electron chi connectivity index (χ1n) is 10.4. The zero-order valence-corrected chi connectivity index (χ0v) is 18.5. The Kier molecular flexibility index (Phi) is 5.77. The Hall–Kier alpha value is -3.94. The van der Waals surface area contributed by atoms with Crippen molar-refractivity contribution in [1.82, 2.24) is 24.9 Å². The van der Waals surface area contributed by atoms with E-state index in [1.807, 2.05) is 68.4 Å². The van der Waals surface area contributed by atoms with Crippen LogP contribution in [0, 0.1) is 13.8 Å². The van der Waals surface area contributed by atoms with Gasteiger partial charge in [0.1, 0.15) is 11.8 Å². The van der Waals surface area contributed by atoms with Crippen LogP contribution in [0.4, 0.5) is 0 Å². The number of amides is 1. The van der Waals surface area contributed by atoms with Crippen molar-refractivity contribution in [2.24, 2.45) is 0 Å². The highest BCUT2D eigenvalue weighted by Gasteiger charge is 2.23. The predicted molar refractivity (Wildman–Crippen MR) is 122 cm³/mol. The van der Waals surface area contributed by atoms with Crippen molar-refractivity contribution in [3.8, 4) is 11.4 Å². The van der Waals surface area contributed by atoms with E-state index in [9.17, 15) is 9.59 Å². The standard InChI is InChI=1S/C24H25N5O3/c1-15-21-16(2)28(19-8-6-5-7-9-19)27-22(21)24(31)29(26-15)17(3)23(30)25-14-18-10-12-20(32-4)13-11-18/h5-13,17H,14H2,1-4H3,(H,25,30). The van der Waals surface area contributed by atoms with Crippen LogP contribution in [0.3, 0.4) is 0 Å². The molecule has 0 radical (unpaired) electrons. The fraction of sp³-hybridized carbons (Fsp3) is 0.250. The molecule has 2 heterocycles. The van der Waals surface area contributed by atoms with E-state index in [1.54, 1.807) is 18.7 Å². The lowest BCUT2D eigenvalue weighted by atomic mass is 10.2. The molecule has 1 atom stereocenters. The number of fused-ring (bicyclic) bond motifs is 1. The number of hydrogen-bond acceptors (Lipinski definition) is 5. The fourth-order valence-electron chi connectivity index (χ4n) is 3.73. The van der Waals surface area contributed by atoms with Gasteiger partial charge in [-0.1, -0.05) is 30.3 Å². The average Bonchev–Trinajstić information content (AvgIpc) is 3.18. The largest absolute Gasteiger partial charge is 0.497 e. The number of aromatic nitrogens is 4. The molecule has 4 rings (SSSR count). The number of nitrogens with zero attached hydrogens (tertiary/aromatic N) is 4. The molecule has 1 amide bonds. The minimum atomic E-state index is -0.786. The maximum Gasteiger partial charge on any atom is 0.295 e. The molecule has 1 unspecified atom stereocenters. The molecule has 2 aromatic heterocycles. The number of carbonyl (C=O) groups is 1. The van der Waals surface area contributed by atoms with Crippen molar-refractivity contribution in [3.63, 3.8) is 0 Å². The molecular formula is C24H25N5O3. The number of rotatable bonds is 6. The van der Waals surface area contributed by atoms with Crippen molar-refractivity contribution in [2.75, 3.05) is 7.11 Å². The fourth-order valence-corrected chi connectivity index (χ4v) is 3.73. The van der Waals surface area contributed by atoms with Crippen LogP contribution in [-0.4, -0.2) is 32.6 Å². The van der Waals surface area contributed by atoms with Gasteiger partial charge >= 0.3 is 0 Å². The third-order valence-corrected chi connectivity index (χ3v) is 5.52. The van der Waals surface area contributed by atoms with Gasteiger partial charge in [-0.05, 0) is 50.6 Å². The summed E-state index contributed by atoms with van der Waals surface area (Å²) in [6.45, 7) is 5.73. The normalized spacial score (nSPS) is 12.0. The lowest BCUT2D eigenvalue weighted by Crippen LogP contribution is -2.37. The summed E-state index contributed by atoms with van der Waals surface area (Å²) in [5, 5.41) is 12.6. The minimum absolute atomic E-state index is 0.298. The van der Waals surface area contributed by atoms with Crippen LogP contribution in [-0.2, 0) is 11.3 Å². The number of methoxy groups -OCH3 is 1. The second-order valence-corrected chi connectivity index (χ2v) is 7.63. The van der Waals surface area contributed by atoms with E-state index in [4.69, 9.17) is 4.74 Å². The number of benzene rings is 2. The average molecular weight is 431 g/mol. The molecule has 0 saturated heterocycles. The summed E-state index contributed by atoms with van der Waals surface area (Å²) in [7, 11) is 1.60. The van der Waals surface area contributed by atoms with Crippen LogP contribution in [0.2, 0.25) is 0 Å². The topological polar surface area (TPSA) is 91.0 Å². The quantitative estimate of drug-likeness (QED) is 0.507. The number of aryl methyl sites for hydroxylation is 2. The van der Waals surface area contributed by atoms with Gasteiger partial charge in [0.05, 0.1) is 29.6 Å². The van der Waals surface area contributed by atoms with Crippen LogP contribution in [0.15, 0.2) is 59.4 Å².